The fourth-order valence-electron chi connectivity index (χ4n) is 2.92. The average molecular weight is 298 g/mol. The summed E-state index contributed by atoms with van der Waals surface area (Å²) in [5.74, 6) is -0.517. The molecule has 0 bridgehead atoms. The maximum absolute atomic E-state index is 12.2. The van der Waals surface area contributed by atoms with Crippen LogP contribution in [-0.2, 0) is 14.3 Å². The van der Waals surface area contributed by atoms with Gasteiger partial charge >= 0.3 is 12.1 Å². The van der Waals surface area contributed by atoms with Crippen LogP contribution in [0.3, 0.4) is 0 Å². The van der Waals surface area contributed by atoms with E-state index >= 15 is 0 Å². The summed E-state index contributed by atoms with van der Waals surface area (Å²) in [6.07, 6.45) is 1.62. The van der Waals surface area contributed by atoms with E-state index in [4.69, 9.17) is 9.47 Å². The van der Waals surface area contributed by atoms with Gasteiger partial charge in [-0.15, -0.1) is 0 Å². The second-order valence-corrected chi connectivity index (χ2v) is 6.80. The summed E-state index contributed by atoms with van der Waals surface area (Å²) in [5.41, 5.74) is -0.522. The normalized spacial score (nSPS) is 27.0. The van der Waals surface area contributed by atoms with E-state index in [1.807, 2.05) is 20.8 Å². The molecular weight excluding hydrogens is 272 g/mol. The van der Waals surface area contributed by atoms with E-state index in [1.165, 1.54) is 13.5 Å². The van der Waals surface area contributed by atoms with Crippen LogP contribution in [0, 0.1) is 5.92 Å². The van der Waals surface area contributed by atoms with Crippen molar-refractivity contribution in [3.05, 3.63) is 0 Å². The molecule has 0 spiro atoms. The first kappa shape index (κ1) is 16.1. The third-order valence-corrected chi connectivity index (χ3v) is 4.09. The number of ether oxygens (including phenoxy) is 2. The lowest BCUT2D eigenvalue weighted by Gasteiger charge is -2.46. The van der Waals surface area contributed by atoms with Crippen LogP contribution in [0.25, 0.3) is 0 Å². The molecule has 0 radical (unpaired) electrons. The van der Waals surface area contributed by atoms with Crippen molar-refractivity contribution >= 4 is 12.1 Å². The summed E-state index contributed by atoms with van der Waals surface area (Å²) in [6, 6.07) is 0.185. The highest BCUT2D eigenvalue weighted by Crippen LogP contribution is 2.28. The number of carbonyl (C=O) groups is 2. The molecule has 2 aliphatic rings. The van der Waals surface area contributed by atoms with Crippen LogP contribution in [0.2, 0.25) is 0 Å². The van der Waals surface area contributed by atoms with Gasteiger partial charge in [-0.1, -0.05) is 0 Å². The molecule has 0 saturated carbocycles. The molecule has 120 valence electrons. The molecule has 0 aromatic carbocycles. The van der Waals surface area contributed by atoms with E-state index in [0.717, 1.165) is 19.5 Å². The molecule has 0 unspecified atom stereocenters. The Morgan fingerprint density at radius 3 is 2.29 bits per heavy atom. The van der Waals surface area contributed by atoms with Gasteiger partial charge in [-0.3, -0.25) is 9.69 Å². The number of rotatable bonds is 2. The number of esters is 1. The van der Waals surface area contributed by atoms with Gasteiger partial charge in [-0.2, -0.15) is 0 Å². The zero-order chi connectivity index (χ0) is 15.6. The monoisotopic (exact) mass is 298 g/mol. The van der Waals surface area contributed by atoms with Gasteiger partial charge in [0.05, 0.1) is 13.0 Å². The molecule has 2 atom stereocenters. The van der Waals surface area contributed by atoms with Crippen molar-refractivity contribution in [1.29, 1.82) is 0 Å². The van der Waals surface area contributed by atoms with Crippen LogP contribution in [0.15, 0.2) is 0 Å². The van der Waals surface area contributed by atoms with Gasteiger partial charge in [0.1, 0.15) is 5.60 Å². The van der Waals surface area contributed by atoms with E-state index in [2.05, 4.69) is 4.90 Å². The Kier molecular flexibility index (Phi) is 4.76. The minimum atomic E-state index is -0.522. The fraction of sp³-hybridized carbons (Fsp3) is 0.867. The van der Waals surface area contributed by atoms with Crippen LogP contribution in [0.4, 0.5) is 4.79 Å². The molecule has 0 aromatic rings. The van der Waals surface area contributed by atoms with E-state index < -0.39 is 5.60 Å². The summed E-state index contributed by atoms with van der Waals surface area (Å²) >= 11 is 0. The van der Waals surface area contributed by atoms with E-state index in [-0.39, 0.29) is 24.0 Å². The molecule has 1 amide bonds. The molecule has 2 heterocycles. The molecule has 0 N–H and O–H groups in total. The molecule has 6 heteroatoms. The molecular formula is C15H26N2O4. The van der Waals surface area contributed by atoms with Crippen molar-refractivity contribution in [1.82, 2.24) is 9.80 Å². The molecule has 2 fully saturated rings. The van der Waals surface area contributed by atoms with E-state index in [1.54, 1.807) is 4.90 Å². The van der Waals surface area contributed by atoms with Gasteiger partial charge in [-0.05, 0) is 46.7 Å². The Hall–Kier alpha value is -1.30. The lowest BCUT2D eigenvalue weighted by Crippen LogP contribution is -2.58. The smallest absolute Gasteiger partial charge is 0.410 e. The molecule has 2 saturated heterocycles. The van der Waals surface area contributed by atoms with Gasteiger partial charge in [0.15, 0.2) is 0 Å². The van der Waals surface area contributed by atoms with E-state index in [0.29, 0.717) is 13.1 Å². The molecule has 2 rings (SSSR count). The van der Waals surface area contributed by atoms with Crippen molar-refractivity contribution in [2.45, 2.75) is 45.3 Å². The summed E-state index contributed by atoms with van der Waals surface area (Å²) < 4.78 is 10.3. The summed E-state index contributed by atoms with van der Waals surface area (Å²) in [7, 11) is 1.40. The zero-order valence-electron chi connectivity index (χ0n) is 13.4. The largest absolute Gasteiger partial charge is 0.469 e. The highest BCUT2D eigenvalue weighted by molar-refractivity contribution is 5.75. The van der Waals surface area contributed by atoms with Gasteiger partial charge in [0.2, 0.25) is 0 Å². The quantitative estimate of drug-likeness (QED) is 0.723. The third kappa shape index (κ3) is 3.87. The minimum absolute atomic E-state index is 0.185. The Morgan fingerprint density at radius 2 is 1.81 bits per heavy atom. The number of hydrogen-bond acceptors (Lipinski definition) is 5. The number of piperidine rings is 1. The SMILES string of the molecule is COC(=O)[C@@H]1CN(C(=O)OC(C)(C)C)CC[C@H]1N1CCC1. The number of likely N-dealkylation sites (tertiary alicyclic amines) is 2. The Bertz CT molecular complexity index is 401. The first-order chi connectivity index (χ1) is 9.81. The molecule has 21 heavy (non-hydrogen) atoms. The highest BCUT2D eigenvalue weighted by Gasteiger charge is 2.42. The highest BCUT2D eigenvalue weighted by atomic mass is 16.6. The van der Waals surface area contributed by atoms with Gasteiger partial charge in [0.25, 0.3) is 0 Å². The average Bonchev–Trinajstić information content (AvgIpc) is 2.34. The maximum atomic E-state index is 12.2. The van der Waals surface area contributed by atoms with Crippen LogP contribution in [0.5, 0.6) is 0 Å². The van der Waals surface area contributed by atoms with Crippen molar-refractivity contribution in [2.24, 2.45) is 5.92 Å². The van der Waals surface area contributed by atoms with Crippen molar-refractivity contribution in [3.8, 4) is 0 Å². The number of nitrogens with zero attached hydrogens (tertiary/aromatic N) is 2. The Balaban J connectivity index is 2.02. The Morgan fingerprint density at radius 1 is 1.14 bits per heavy atom. The maximum Gasteiger partial charge on any atom is 0.410 e. The standard InChI is InChI=1S/C15H26N2O4/c1-15(2,3)21-14(19)17-9-6-12(16-7-5-8-16)11(10-17)13(18)20-4/h11-12H,5-10H2,1-4H3/t11-,12-/m1/s1. The topological polar surface area (TPSA) is 59.1 Å². The predicted octanol–water partition coefficient (Wildman–Crippen LogP) is 1.49. The first-order valence-electron chi connectivity index (χ1n) is 7.61. The molecule has 0 aromatic heterocycles. The number of hydrogen-bond donors (Lipinski definition) is 0. The first-order valence-corrected chi connectivity index (χ1v) is 7.61. The van der Waals surface area contributed by atoms with Crippen molar-refractivity contribution in [3.63, 3.8) is 0 Å². The second kappa shape index (κ2) is 6.22. The van der Waals surface area contributed by atoms with Crippen molar-refractivity contribution < 1.29 is 19.1 Å². The third-order valence-electron chi connectivity index (χ3n) is 4.09. The Labute approximate surface area is 126 Å². The van der Waals surface area contributed by atoms with Gasteiger partial charge < -0.3 is 14.4 Å². The molecule has 6 nitrogen and oxygen atoms in total. The lowest BCUT2D eigenvalue weighted by atomic mass is 9.89. The minimum Gasteiger partial charge on any atom is -0.469 e. The lowest BCUT2D eigenvalue weighted by molar-refractivity contribution is -0.151. The van der Waals surface area contributed by atoms with Crippen LogP contribution < -0.4 is 0 Å². The van der Waals surface area contributed by atoms with E-state index in [9.17, 15) is 9.59 Å². The summed E-state index contributed by atoms with van der Waals surface area (Å²) in [4.78, 5) is 28.2. The second-order valence-electron chi connectivity index (χ2n) is 6.80. The number of methoxy groups -OCH3 is 1. The zero-order valence-corrected chi connectivity index (χ0v) is 13.4. The molecule has 2 aliphatic heterocycles. The van der Waals surface area contributed by atoms with Crippen molar-refractivity contribution in [2.75, 3.05) is 33.3 Å². The molecule has 0 aliphatic carbocycles. The van der Waals surface area contributed by atoms with Crippen LogP contribution >= 0.6 is 0 Å². The summed E-state index contributed by atoms with van der Waals surface area (Å²) in [5, 5.41) is 0. The van der Waals surface area contributed by atoms with Crippen LogP contribution in [0.1, 0.15) is 33.6 Å². The van der Waals surface area contributed by atoms with Crippen LogP contribution in [-0.4, -0.2) is 66.8 Å². The number of amides is 1. The van der Waals surface area contributed by atoms with Gasteiger partial charge in [-0.25, -0.2) is 4.79 Å². The van der Waals surface area contributed by atoms with Gasteiger partial charge in [0, 0.05) is 19.1 Å². The summed E-state index contributed by atoms with van der Waals surface area (Å²) in [6.45, 7) is 8.60. The predicted molar refractivity (Wildman–Crippen MR) is 77.9 cm³/mol. The fourth-order valence-corrected chi connectivity index (χ4v) is 2.92. The number of carbonyl (C=O) groups excluding carboxylic acids is 2.